The van der Waals surface area contributed by atoms with Gasteiger partial charge in [-0.3, -0.25) is 16.0 Å². The molecule has 0 heterocycles. The van der Waals surface area contributed by atoms with Crippen LogP contribution in [0.2, 0.25) is 0 Å². The number of sulfonamides is 1. The second kappa shape index (κ2) is 5.92. The molecule has 8 nitrogen and oxygen atoms in total. The summed E-state index contributed by atoms with van der Waals surface area (Å²) in [7, 11) is -4.24. The molecule has 0 bridgehead atoms. The summed E-state index contributed by atoms with van der Waals surface area (Å²) in [4.78, 5) is 9.07. The van der Waals surface area contributed by atoms with Crippen LogP contribution in [-0.4, -0.2) is 18.9 Å². The zero-order chi connectivity index (χ0) is 16.4. The molecule has 0 unspecified atom stereocenters. The summed E-state index contributed by atoms with van der Waals surface area (Å²) in [5.41, 5.74) is 0.181. The highest BCUT2D eigenvalue weighted by atomic mass is 32.2. The average Bonchev–Trinajstić information content (AvgIpc) is 2.35. The second-order valence-electron chi connectivity index (χ2n) is 5.05. The number of hydrogen-bond donors (Lipinski definition) is 3. The van der Waals surface area contributed by atoms with Gasteiger partial charge in [0.15, 0.2) is 5.82 Å². The minimum atomic E-state index is -4.24. The van der Waals surface area contributed by atoms with Gasteiger partial charge in [-0.25, -0.2) is 17.5 Å². The number of hydrogen-bond acceptors (Lipinski definition) is 6. The van der Waals surface area contributed by atoms with Crippen LogP contribution in [-0.2, 0) is 10.0 Å². The molecule has 0 spiro atoms. The van der Waals surface area contributed by atoms with Gasteiger partial charge in [-0.1, -0.05) is 6.92 Å². The summed E-state index contributed by atoms with van der Waals surface area (Å²) in [5, 5.41) is 10.7. The van der Waals surface area contributed by atoms with E-state index in [1.54, 1.807) is 20.8 Å². The second-order valence-corrected chi connectivity index (χ2v) is 6.67. The Morgan fingerprint density at radius 3 is 2.43 bits per heavy atom. The molecule has 0 saturated heterocycles. The van der Waals surface area contributed by atoms with Crippen molar-refractivity contribution in [2.45, 2.75) is 37.6 Å². The van der Waals surface area contributed by atoms with Crippen LogP contribution in [0.3, 0.4) is 0 Å². The third kappa shape index (κ3) is 3.86. The van der Waals surface area contributed by atoms with Crippen molar-refractivity contribution < 1.29 is 17.7 Å². The zero-order valence-corrected chi connectivity index (χ0v) is 12.6. The molecule has 0 aliphatic rings. The maximum atomic E-state index is 14.0. The van der Waals surface area contributed by atoms with E-state index in [1.165, 1.54) is 0 Å². The van der Waals surface area contributed by atoms with Crippen LogP contribution in [0.15, 0.2) is 17.0 Å². The first-order valence-corrected chi connectivity index (χ1v) is 7.51. The molecule has 10 heteroatoms. The summed E-state index contributed by atoms with van der Waals surface area (Å²) in [6, 6.07) is 1.39. The van der Waals surface area contributed by atoms with Gasteiger partial charge >= 0.3 is 0 Å². The van der Waals surface area contributed by atoms with Crippen LogP contribution in [0.5, 0.6) is 0 Å². The number of hydrazine groups is 1. The number of nitrogens with two attached hydrogens (primary N) is 1. The number of nitrogen functional groups attached to an aromatic ring is 1. The number of nitro groups is 1. The highest BCUT2D eigenvalue weighted by molar-refractivity contribution is 7.89. The van der Waals surface area contributed by atoms with Crippen LogP contribution < -0.4 is 16.0 Å². The molecule has 1 rings (SSSR count). The van der Waals surface area contributed by atoms with E-state index in [0.29, 0.717) is 12.5 Å². The van der Waals surface area contributed by atoms with Crippen molar-refractivity contribution >= 4 is 21.4 Å². The average molecular weight is 320 g/mol. The first-order valence-electron chi connectivity index (χ1n) is 6.02. The van der Waals surface area contributed by atoms with Crippen molar-refractivity contribution in [1.82, 2.24) is 4.72 Å². The highest BCUT2D eigenvalue weighted by Crippen LogP contribution is 2.30. The number of halogens is 1. The molecule has 0 amide bonds. The first-order chi connectivity index (χ1) is 9.54. The molecule has 118 valence electrons. The van der Waals surface area contributed by atoms with Gasteiger partial charge in [0, 0.05) is 11.6 Å². The predicted molar refractivity (Wildman–Crippen MR) is 75.6 cm³/mol. The Hall–Kier alpha value is -1.78. The lowest BCUT2D eigenvalue weighted by atomic mass is 10.0. The molecule has 4 N–H and O–H groups in total. The van der Waals surface area contributed by atoms with E-state index in [9.17, 15) is 22.9 Å². The molecule has 0 aromatic heterocycles. The minimum Gasteiger partial charge on any atom is -0.323 e. The maximum absolute atomic E-state index is 14.0. The molecule has 0 aliphatic heterocycles. The predicted octanol–water partition coefficient (Wildman–Crippen LogP) is 1.49. The molecule has 0 aliphatic carbocycles. The molecule has 0 saturated carbocycles. The number of nitrogens with one attached hydrogen (secondary N) is 2. The largest absolute Gasteiger partial charge is 0.323 e. The van der Waals surface area contributed by atoms with E-state index in [2.05, 4.69) is 4.72 Å². The fourth-order valence-corrected chi connectivity index (χ4v) is 3.25. The molecule has 0 radical (unpaired) electrons. The normalized spacial score (nSPS) is 12.2. The fourth-order valence-electron chi connectivity index (χ4n) is 1.55. The van der Waals surface area contributed by atoms with Gasteiger partial charge in [-0.15, -0.1) is 0 Å². The number of rotatable bonds is 6. The Kier molecular flexibility index (Phi) is 4.87. The summed E-state index contributed by atoms with van der Waals surface area (Å²) in [6.07, 6.45) is 0.465. The Bertz CT molecular complexity index is 660. The number of nitro benzene ring substituents is 1. The van der Waals surface area contributed by atoms with Gasteiger partial charge in [0.05, 0.1) is 16.7 Å². The maximum Gasteiger partial charge on any atom is 0.274 e. The summed E-state index contributed by atoms with van der Waals surface area (Å²) in [6.45, 7) is 5.02. The molecule has 21 heavy (non-hydrogen) atoms. The summed E-state index contributed by atoms with van der Waals surface area (Å²) in [5.74, 6) is 3.90. The third-order valence-corrected chi connectivity index (χ3v) is 4.73. The van der Waals surface area contributed by atoms with Crippen molar-refractivity contribution in [3.8, 4) is 0 Å². The Labute approximate surface area is 121 Å². The van der Waals surface area contributed by atoms with Gasteiger partial charge in [-0.2, -0.15) is 0 Å². The molecular weight excluding hydrogens is 303 g/mol. The fraction of sp³-hybridized carbons (Fsp3) is 0.455. The molecular formula is C11H17FN4O4S. The van der Waals surface area contributed by atoms with Gasteiger partial charge in [-0.05, 0) is 20.3 Å². The summed E-state index contributed by atoms with van der Waals surface area (Å²) >= 11 is 0. The van der Waals surface area contributed by atoms with Gasteiger partial charge in [0.25, 0.3) is 5.69 Å². The smallest absolute Gasteiger partial charge is 0.274 e. The van der Waals surface area contributed by atoms with E-state index < -0.39 is 36.9 Å². The number of non-ortho nitro benzene ring substituents is 1. The SMILES string of the molecule is CCC(C)(C)NS(=O)(=O)c1c(F)cc([N+](=O)[O-])cc1NN. The lowest BCUT2D eigenvalue weighted by Gasteiger charge is -2.24. The van der Waals surface area contributed by atoms with E-state index in [4.69, 9.17) is 5.84 Å². The topological polar surface area (TPSA) is 127 Å². The van der Waals surface area contributed by atoms with Crippen LogP contribution in [0.4, 0.5) is 15.8 Å². The summed E-state index contributed by atoms with van der Waals surface area (Å²) < 4.78 is 40.9. The van der Waals surface area contributed by atoms with E-state index >= 15 is 0 Å². The van der Waals surface area contributed by atoms with Crippen LogP contribution in [0, 0.1) is 15.9 Å². The monoisotopic (exact) mass is 320 g/mol. The Morgan fingerprint density at radius 1 is 1.43 bits per heavy atom. The van der Waals surface area contributed by atoms with Crippen molar-refractivity contribution in [2.75, 3.05) is 5.43 Å². The molecule has 1 aromatic carbocycles. The molecule has 0 fully saturated rings. The molecule has 0 atom stereocenters. The molecule has 1 aromatic rings. The Morgan fingerprint density at radius 2 is 2.00 bits per heavy atom. The van der Waals surface area contributed by atoms with Gasteiger partial charge in [0.1, 0.15) is 4.90 Å². The highest BCUT2D eigenvalue weighted by Gasteiger charge is 2.31. The van der Waals surface area contributed by atoms with Crippen LogP contribution >= 0.6 is 0 Å². The standard InChI is InChI=1S/C11H17FN4O4S/c1-4-11(2,3)15-21(19,20)10-8(12)5-7(16(17)18)6-9(10)14-13/h5-6,14-15H,4,13H2,1-3H3. The number of anilines is 1. The quantitative estimate of drug-likeness (QED) is 0.414. The first kappa shape index (κ1) is 17.3. The number of benzene rings is 1. The van der Waals surface area contributed by atoms with Crippen LogP contribution in [0.25, 0.3) is 0 Å². The minimum absolute atomic E-state index is 0.388. The zero-order valence-electron chi connectivity index (χ0n) is 11.8. The number of nitrogens with zero attached hydrogens (tertiary/aromatic N) is 1. The van der Waals surface area contributed by atoms with Crippen molar-refractivity contribution in [1.29, 1.82) is 0 Å². The van der Waals surface area contributed by atoms with Crippen molar-refractivity contribution in [2.24, 2.45) is 5.84 Å². The van der Waals surface area contributed by atoms with Gasteiger partial charge in [0.2, 0.25) is 10.0 Å². The van der Waals surface area contributed by atoms with E-state index in [-0.39, 0.29) is 5.69 Å². The lowest BCUT2D eigenvalue weighted by Crippen LogP contribution is -2.43. The Balaban J connectivity index is 3.46. The third-order valence-electron chi connectivity index (χ3n) is 2.96. The van der Waals surface area contributed by atoms with Crippen molar-refractivity contribution in [3.63, 3.8) is 0 Å². The van der Waals surface area contributed by atoms with Crippen molar-refractivity contribution in [3.05, 3.63) is 28.1 Å². The van der Waals surface area contributed by atoms with E-state index in [1.807, 2.05) is 5.43 Å². The van der Waals surface area contributed by atoms with Crippen LogP contribution in [0.1, 0.15) is 27.2 Å². The van der Waals surface area contributed by atoms with E-state index in [0.717, 1.165) is 6.07 Å². The van der Waals surface area contributed by atoms with Gasteiger partial charge < -0.3 is 5.43 Å². The lowest BCUT2D eigenvalue weighted by molar-refractivity contribution is -0.385.